The van der Waals surface area contributed by atoms with Crippen molar-refractivity contribution in [3.63, 3.8) is 0 Å². The highest BCUT2D eigenvalue weighted by Crippen LogP contribution is 2.32. The number of nitrogens with zero attached hydrogens (tertiary/aromatic N) is 1. The summed E-state index contributed by atoms with van der Waals surface area (Å²) in [5.74, 6) is 1.13. The van der Waals surface area contributed by atoms with E-state index in [-0.39, 0.29) is 31.1 Å². The fourth-order valence-corrected chi connectivity index (χ4v) is 3.52. The number of nitrogens with one attached hydrogen (secondary N) is 1. The van der Waals surface area contributed by atoms with E-state index < -0.39 is 6.04 Å². The molecule has 6 nitrogen and oxygen atoms in total. The van der Waals surface area contributed by atoms with Gasteiger partial charge in [0.15, 0.2) is 11.5 Å². The molecule has 0 fully saturated rings. The van der Waals surface area contributed by atoms with E-state index in [1.54, 1.807) is 17.9 Å². The molecule has 1 N–H and O–H groups in total. The Morgan fingerprint density at radius 3 is 2.57 bits per heavy atom. The minimum atomic E-state index is -0.601. The number of amides is 2. The van der Waals surface area contributed by atoms with Crippen LogP contribution in [0.25, 0.3) is 0 Å². The second kappa shape index (κ2) is 9.85. The van der Waals surface area contributed by atoms with Crippen molar-refractivity contribution >= 4 is 23.4 Å². The summed E-state index contributed by atoms with van der Waals surface area (Å²) < 4.78 is 10.7. The van der Waals surface area contributed by atoms with Gasteiger partial charge in [0, 0.05) is 24.0 Å². The summed E-state index contributed by atoms with van der Waals surface area (Å²) in [6, 6.07) is 12.4. The van der Waals surface area contributed by atoms with Gasteiger partial charge in [0.2, 0.25) is 18.6 Å². The molecule has 2 aromatic carbocycles. The van der Waals surface area contributed by atoms with Crippen molar-refractivity contribution in [3.05, 3.63) is 58.6 Å². The molecule has 1 heterocycles. The number of ether oxygens (including phenoxy) is 2. The Hall–Kier alpha value is -2.73. The van der Waals surface area contributed by atoms with Crippen molar-refractivity contribution in [2.75, 3.05) is 6.79 Å². The molecular weight excluding hydrogens is 404 g/mol. The van der Waals surface area contributed by atoms with E-state index in [0.717, 1.165) is 11.1 Å². The van der Waals surface area contributed by atoms with Crippen molar-refractivity contribution < 1.29 is 19.1 Å². The average molecular weight is 431 g/mol. The van der Waals surface area contributed by atoms with Crippen LogP contribution in [0.1, 0.15) is 38.3 Å². The van der Waals surface area contributed by atoms with E-state index in [4.69, 9.17) is 21.1 Å². The second-order valence-corrected chi connectivity index (χ2v) is 8.11. The number of hydrogen-bond donors (Lipinski definition) is 1. The van der Waals surface area contributed by atoms with Crippen LogP contribution in [-0.2, 0) is 22.6 Å². The first-order chi connectivity index (χ1) is 14.3. The lowest BCUT2D eigenvalue weighted by atomic mass is 10.1. The first-order valence-corrected chi connectivity index (χ1v) is 10.4. The minimum Gasteiger partial charge on any atom is -0.454 e. The largest absolute Gasteiger partial charge is 0.454 e. The number of carbonyl (C=O) groups is 2. The second-order valence-electron chi connectivity index (χ2n) is 7.68. The van der Waals surface area contributed by atoms with Gasteiger partial charge in [0.05, 0.1) is 0 Å². The molecule has 0 saturated heterocycles. The third-order valence-electron chi connectivity index (χ3n) is 4.90. The van der Waals surface area contributed by atoms with Gasteiger partial charge in [-0.1, -0.05) is 29.8 Å². The van der Waals surface area contributed by atoms with Crippen molar-refractivity contribution in [3.8, 4) is 11.5 Å². The zero-order chi connectivity index (χ0) is 21.7. The Labute approximate surface area is 182 Å². The van der Waals surface area contributed by atoms with E-state index in [1.165, 1.54) is 0 Å². The predicted octanol–water partition coefficient (Wildman–Crippen LogP) is 3.94. The average Bonchev–Trinajstić information content (AvgIpc) is 3.17. The normalized spacial score (nSPS) is 13.2. The number of benzene rings is 2. The van der Waals surface area contributed by atoms with Crippen molar-refractivity contribution in [2.45, 2.75) is 52.2 Å². The monoisotopic (exact) mass is 430 g/mol. The molecule has 160 valence electrons. The van der Waals surface area contributed by atoms with Crippen LogP contribution in [0.2, 0.25) is 5.02 Å². The van der Waals surface area contributed by atoms with Crippen LogP contribution in [0.3, 0.4) is 0 Å². The molecule has 2 aromatic rings. The molecule has 0 radical (unpaired) electrons. The quantitative estimate of drug-likeness (QED) is 0.688. The van der Waals surface area contributed by atoms with E-state index in [1.807, 2.05) is 50.2 Å². The lowest BCUT2D eigenvalue weighted by Gasteiger charge is -2.29. The fraction of sp³-hybridized carbons (Fsp3) is 0.391. The van der Waals surface area contributed by atoms with Gasteiger partial charge in [-0.3, -0.25) is 9.59 Å². The molecule has 30 heavy (non-hydrogen) atoms. The predicted molar refractivity (Wildman–Crippen MR) is 116 cm³/mol. The number of hydrogen-bond acceptors (Lipinski definition) is 4. The molecule has 7 heteroatoms. The number of fused-ring (bicyclic) bond motifs is 1. The summed E-state index contributed by atoms with van der Waals surface area (Å²) >= 11 is 6.10. The van der Waals surface area contributed by atoms with Crippen LogP contribution in [0.5, 0.6) is 11.5 Å². The van der Waals surface area contributed by atoms with Gasteiger partial charge in [0.1, 0.15) is 6.04 Å². The number of carbonyl (C=O) groups excluding carboxylic acids is 2. The summed E-state index contributed by atoms with van der Waals surface area (Å²) in [6.45, 7) is 6.07. The minimum absolute atomic E-state index is 0.00305. The van der Waals surface area contributed by atoms with E-state index in [0.29, 0.717) is 29.5 Å². The molecule has 0 unspecified atom stereocenters. The number of halogens is 1. The molecule has 2 amide bonds. The molecular formula is C23H27ClN2O4. The Kier molecular flexibility index (Phi) is 7.21. The summed E-state index contributed by atoms with van der Waals surface area (Å²) in [6.07, 6.45) is 0.819. The van der Waals surface area contributed by atoms with Crippen LogP contribution >= 0.6 is 11.6 Å². The van der Waals surface area contributed by atoms with Crippen LogP contribution in [0.15, 0.2) is 42.5 Å². The summed E-state index contributed by atoms with van der Waals surface area (Å²) in [5.41, 5.74) is 1.86. The maximum absolute atomic E-state index is 13.1. The first kappa shape index (κ1) is 22.0. The smallest absolute Gasteiger partial charge is 0.242 e. The SMILES string of the molecule is CC(C)NC(=O)[C@H](C)N(Cc1cccc(Cl)c1)C(=O)CCc1ccc2c(c1)OCO2. The van der Waals surface area contributed by atoms with Crippen LogP contribution < -0.4 is 14.8 Å². The number of aryl methyl sites for hydroxylation is 1. The summed E-state index contributed by atoms with van der Waals surface area (Å²) in [5, 5.41) is 3.48. The van der Waals surface area contributed by atoms with Gasteiger partial charge < -0.3 is 19.7 Å². The standard InChI is InChI=1S/C23H27ClN2O4/c1-15(2)25-23(28)16(3)26(13-18-5-4-6-19(24)11-18)22(27)10-8-17-7-9-20-21(12-17)30-14-29-20/h4-7,9,11-12,15-16H,8,10,13-14H2,1-3H3,(H,25,28)/t16-/m0/s1. The third-order valence-corrected chi connectivity index (χ3v) is 5.14. The topological polar surface area (TPSA) is 67.9 Å². The lowest BCUT2D eigenvalue weighted by molar-refractivity contribution is -0.140. The molecule has 1 aliphatic heterocycles. The first-order valence-electron chi connectivity index (χ1n) is 10.1. The molecule has 1 atom stereocenters. The van der Waals surface area contributed by atoms with E-state index in [2.05, 4.69) is 5.32 Å². The molecule has 3 rings (SSSR count). The maximum atomic E-state index is 13.1. The summed E-state index contributed by atoms with van der Waals surface area (Å²) in [4.78, 5) is 27.3. The third kappa shape index (κ3) is 5.66. The molecule has 0 saturated carbocycles. The van der Waals surface area contributed by atoms with Crippen molar-refractivity contribution in [2.24, 2.45) is 0 Å². The highest BCUT2D eigenvalue weighted by atomic mass is 35.5. The maximum Gasteiger partial charge on any atom is 0.242 e. The molecule has 0 aliphatic carbocycles. The van der Waals surface area contributed by atoms with E-state index in [9.17, 15) is 9.59 Å². The highest BCUT2D eigenvalue weighted by molar-refractivity contribution is 6.30. The van der Waals surface area contributed by atoms with E-state index >= 15 is 0 Å². The molecule has 0 aromatic heterocycles. The fourth-order valence-electron chi connectivity index (χ4n) is 3.31. The van der Waals surface area contributed by atoms with Crippen molar-refractivity contribution in [1.29, 1.82) is 0 Å². The Bertz CT molecular complexity index is 916. The van der Waals surface area contributed by atoms with Gasteiger partial charge in [-0.05, 0) is 62.6 Å². The summed E-state index contributed by atoms with van der Waals surface area (Å²) in [7, 11) is 0. The van der Waals surface area contributed by atoms with Gasteiger partial charge in [0.25, 0.3) is 0 Å². The molecule has 0 bridgehead atoms. The Morgan fingerprint density at radius 1 is 1.07 bits per heavy atom. The van der Waals surface area contributed by atoms with Crippen LogP contribution in [0, 0.1) is 0 Å². The number of rotatable bonds is 8. The van der Waals surface area contributed by atoms with Gasteiger partial charge >= 0.3 is 0 Å². The van der Waals surface area contributed by atoms with Gasteiger partial charge in [-0.2, -0.15) is 0 Å². The zero-order valence-corrected chi connectivity index (χ0v) is 18.2. The van der Waals surface area contributed by atoms with Crippen molar-refractivity contribution in [1.82, 2.24) is 10.2 Å². The lowest BCUT2D eigenvalue weighted by Crippen LogP contribution is -2.49. The molecule has 0 spiro atoms. The van der Waals surface area contributed by atoms with Gasteiger partial charge in [-0.15, -0.1) is 0 Å². The Morgan fingerprint density at radius 2 is 1.83 bits per heavy atom. The van der Waals surface area contributed by atoms with Crippen LogP contribution in [-0.4, -0.2) is 35.6 Å². The highest BCUT2D eigenvalue weighted by Gasteiger charge is 2.26. The van der Waals surface area contributed by atoms with Gasteiger partial charge in [-0.25, -0.2) is 0 Å². The molecule has 1 aliphatic rings. The van der Waals surface area contributed by atoms with Crippen LogP contribution in [0.4, 0.5) is 0 Å². The Balaban J connectivity index is 1.72. The zero-order valence-electron chi connectivity index (χ0n) is 17.5.